The molecule has 0 spiro atoms. The van der Waals surface area contributed by atoms with Crippen molar-refractivity contribution in [2.45, 2.75) is 13.5 Å². The number of aromatic nitrogens is 3. The fourth-order valence-electron chi connectivity index (χ4n) is 1.57. The van der Waals surface area contributed by atoms with Gasteiger partial charge in [-0.1, -0.05) is 0 Å². The molecule has 2 rings (SSSR count). The summed E-state index contributed by atoms with van der Waals surface area (Å²) in [6.45, 7) is 2.87. The Morgan fingerprint density at radius 2 is 2.33 bits per heavy atom. The zero-order chi connectivity index (χ0) is 13.0. The monoisotopic (exact) mass is 247 g/mol. The highest BCUT2D eigenvalue weighted by atomic mass is 16.5. The number of nitrogens with zero attached hydrogens (tertiary/aromatic N) is 3. The molecule has 0 aliphatic heterocycles. The van der Waals surface area contributed by atoms with Gasteiger partial charge in [-0.2, -0.15) is 0 Å². The van der Waals surface area contributed by atoms with Gasteiger partial charge in [0.25, 0.3) is 0 Å². The fourth-order valence-corrected chi connectivity index (χ4v) is 1.57. The lowest BCUT2D eigenvalue weighted by Gasteiger charge is -2.09. The number of pyridine rings is 1. The number of rotatable bonds is 5. The van der Waals surface area contributed by atoms with Gasteiger partial charge in [-0.05, 0) is 13.0 Å². The molecule has 0 fully saturated rings. The van der Waals surface area contributed by atoms with Gasteiger partial charge in [-0.25, -0.2) is 9.78 Å². The first-order valence-corrected chi connectivity index (χ1v) is 5.46. The van der Waals surface area contributed by atoms with E-state index in [2.05, 4.69) is 9.97 Å². The lowest BCUT2D eigenvalue weighted by atomic mass is 10.2. The Morgan fingerprint density at radius 3 is 3.00 bits per heavy atom. The third kappa shape index (κ3) is 2.65. The van der Waals surface area contributed by atoms with Gasteiger partial charge in [0.2, 0.25) is 0 Å². The van der Waals surface area contributed by atoms with Crippen LogP contribution in [0.3, 0.4) is 0 Å². The highest BCUT2D eigenvalue weighted by Crippen LogP contribution is 2.16. The first kappa shape index (κ1) is 12.1. The second kappa shape index (κ2) is 5.31. The third-order valence-electron chi connectivity index (χ3n) is 2.53. The predicted molar refractivity (Wildman–Crippen MR) is 63.7 cm³/mol. The van der Waals surface area contributed by atoms with Crippen LogP contribution in [0, 0.1) is 6.92 Å². The molecule has 0 radical (unpaired) electrons. The Morgan fingerprint density at radius 1 is 1.50 bits per heavy atom. The molecule has 0 atom stereocenters. The van der Waals surface area contributed by atoms with Gasteiger partial charge < -0.3 is 14.4 Å². The van der Waals surface area contributed by atoms with Crippen molar-refractivity contribution in [1.82, 2.24) is 14.5 Å². The van der Waals surface area contributed by atoms with E-state index in [-0.39, 0.29) is 11.3 Å². The summed E-state index contributed by atoms with van der Waals surface area (Å²) in [5, 5.41) is 8.97. The van der Waals surface area contributed by atoms with Crippen LogP contribution in [0.15, 0.2) is 30.9 Å². The van der Waals surface area contributed by atoms with Gasteiger partial charge in [0.05, 0.1) is 12.7 Å². The molecule has 0 amide bonds. The van der Waals surface area contributed by atoms with Crippen LogP contribution >= 0.6 is 0 Å². The molecule has 0 saturated carbocycles. The molecule has 1 N–H and O–H groups in total. The number of carboxylic acids is 1. The number of hydrogen-bond donors (Lipinski definition) is 1. The van der Waals surface area contributed by atoms with Crippen LogP contribution in [0.4, 0.5) is 0 Å². The second-order valence-electron chi connectivity index (χ2n) is 3.69. The lowest BCUT2D eigenvalue weighted by Crippen LogP contribution is -2.11. The summed E-state index contributed by atoms with van der Waals surface area (Å²) in [4.78, 5) is 18.9. The van der Waals surface area contributed by atoms with Gasteiger partial charge in [0.15, 0.2) is 5.75 Å². The molecule has 6 heteroatoms. The molecule has 0 saturated heterocycles. The molecule has 0 unspecified atom stereocenters. The van der Waals surface area contributed by atoms with Crippen LogP contribution in [-0.4, -0.2) is 32.2 Å². The minimum absolute atomic E-state index is 0.118. The van der Waals surface area contributed by atoms with Crippen molar-refractivity contribution in [2.24, 2.45) is 0 Å². The highest BCUT2D eigenvalue weighted by molar-refractivity contribution is 5.90. The quantitative estimate of drug-likeness (QED) is 0.863. The minimum Gasteiger partial charge on any atom is -0.489 e. The zero-order valence-corrected chi connectivity index (χ0v) is 9.91. The van der Waals surface area contributed by atoms with Gasteiger partial charge >= 0.3 is 5.97 Å². The molecule has 94 valence electrons. The molecule has 18 heavy (non-hydrogen) atoms. The number of carbonyl (C=O) groups is 1. The number of aryl methyl sites for hydroxylation is 1. The van der Waals surface area contributed by atoms with Crippen LogP contribution in [0.5, 0.6) is 5.75 Å². The van der Waals surface area contributed by atoms with Gasteiger partial charge in [-0.3, -0.25) is 4.98 Å². The van der Waals surface area contributed by atoms with E-state index in [1.54, 1.807) is 6.20 Å². The van der Waals surface area contributed by atoms with Crippen molar-refractivity contribution in [2.75, 3.05) is 6.61 Å². The van der Waals surface area contributed by atoms with E-state index in [0.717, 1.165) is 5.82 Å². The zero-order valence-electron chi connectivity index (χ0n) is 9.91. The van der Waals surface area contributed by atoms with Crippen LogP contribution < -0.4 is 4.74 Å². The van der Waals surface area contributed by atoms with Gasteiger partial charge in [0.1, 0.15) is 18.0 Å². The largest absolute Gasteiger partial charge is 0.489 e. The maximum Gasteiger partial charge on any atom is 0.339 e. The molecule has 0 aromatic carbocycles. The Labute approximate surface area is 104 Å². The Kier molecular flexibility index (Phi) is 3.57. The van der Waals surface area contributed by atoms with Crippen molar-refractivity contribution in [3.8, 4) is 5.75 Å². The van der Waals surface area contributed by atoms with Crippen LogP contribution in [0.1, 0.15) is 16.2 Å². The lowest BCUT2D eigenvalue weighted by molar-refractivity contribution is 0.0692. The number of aromatic carboxylic acids is 1. The fraction of sp³-hybridized carbons (Fsp3) is 0.250. The second-order valence-corrected chi connectivity index (χ2v) is 3.69. The Hall–Kier alpha value is -2.37. The summed E-state index contributed by atoms with van der Waals surface area (Å²) in [6.07, 6.45) is 6.39. The van der Waals surface area contributed by atoms with Crippen molar-refractivity contribution in [3.63, 3.8) is 0 Å². The van der Waals surface area contributed by atoms with E-state index in [0.29, 0.717) is 13.2 Å². The van der Waals surface area contributed by atoms with E-state index < -0.39 is 5.97 Å². The molecule has 2 aromatic rings. The third-order valence-corrected chi connectivity index (χ3v) is 2.53. The molecule has 2 heterocycles. The van der Waals surface area contributed by atoms with Crippen molar-refractivity contribution < 1.29 is 14.6 Å². The number of ether oxygens (including phenoxy) is 1. The number of imidazole rings is 1. The SMILES string of the molecule is Cc1nccn1CCOc1cnccc1C(=O)O. The normalized spacial score (nSPS) is 10.3. The van der Waals surface area contributed by atoms with E-state index in [1.807, 2.05) is 17.7 Å². The van der Waals surface area contributed by atoms with Crippen LogP contribution in [0.2, 0.25) is 0 Å². The average molecular weight is 247 g/mol. The summed E-state index contributed by atoms with van der Waals surface area (Å²) >= 11 is 0. The molecule has 0 aliphatic carbocycles. The molecule has 0 bridgehead atoms. The van der Waals surface area contributed by atoms with Crippen LogP contribution in [-0.2, 0) is 6.54 Å². The maximum absolute atomic E-state index is 10.9. The van der Waals surface area contributed by atoms with E-state index >= 15 is 0 Å². The number of carboxylic acid groups (broad SMARTS) is 1. The van der Waals surface area contributed by atoms with E-state index in [1.165, 1.54) is 18.5 Å². The summed E-state index contributed by atoms with van der Waals surface area (Å²) in [5.74, 6) is 0.150. The van der Waals surface area contributed by atoms with Gasteiger partial charge in [0, 0.05) is 18.6 Å². The summed E-state index contributed by atoms with van der Waals surface area (Å²) in [7, 11) is 0. The standard InChI is InChI=1S/C12H13N3O3/c1-9-14-4-5-15(9)6-7-18-11-8-13-3-2-10(11)12(16)17/h2-5,8H,6-7H2,1H3,(H,16,17). The van der Waals surface area contributed by atoms with Crippen molar-refractivity contribution in [1.29, 1.82) is 0 Å². The van der Waals surface area contributed by atoms with E-state index in [9.17, 15) is 4.79 Å². The first-order valence-electron chi connectivity index (χ1n) is 5.46. The van der Waals surface area contributed by atoms with Crippen LogP contribution in [0.25, 0.3) is 0 Å². The first-order chi connectivity index (χ1) is 8.68. The van der Waals surface area contributed by atoms with Crippen molar-refractivity contribution in [3.05, 3.63) is 42.2 Å². The molecule has 2 aromatic heterocycles. The van der Waals surface area contributed by atoms with Crippen molar-refractivity contribution >= 4 is 5.97 Å². The summed E-state index contributed by atoms with van der Waals surface area (Å²) < 4.78 is 7.36. The smallest absolute Gasteiger partial charge is 0.339 e. The molecular formula is C12H13N3O3. The predicted octanol–water partition coefficient (Wildman–Crippen LogP) is 1.36. The maximum atomic E-state index is 10.9. The molecule has 6 nitrogen and oxygen atoms in total. The topological polar surface area (TPSA) is 77.2 Å². The Balaban J connectivity index is 1.99. The minimum atomic E-state index is -1.02. The Bertz CT molecular complexity index is 551. The summed E-state index contributed by atoms with van der Waals surface area (Å²) in [6, 6.07) is 1.42. The summed E-state index contributed by atoms with van der Waals surface area (Å²) in [5.41, 5.74) is 0.118. The molecule has 0 aliphatic rings. The van der Waals surface area contributed by atoms with E-state index in [4.69, 9.17) is 9.84 Å². The highest BCUT2D eigenvalue weighted by Gasteiger charge is 2.10. The van der Waals surface area contributed by atoms with Gasteiger partial charge in [-0.15, -0.1) is 0 Å². The number of hydrogen-bond acceptors (Lipinski definition) is 4. The molecular weight excluding hydrogens is 234 g/mol. The average Bonchev–Trinajstić information content (AvgIpc) is 2.76.